The molecule has 2 unspecified atom stereocenters. The van der Waals surface area contributed by atoms with E-state index in [0.29, 0.717) is 11.5 Å². The quantitative estimate of drug-likeness (QED) is 0.619. The molecule has 4 rings (SSSR count). The maximum Gasteiger partial charge on any atom is 0.324 e. The lowest BCUT2D eigenvalue weighted by Gasteiger charge is -2.32. The number of carbonyl (C=O) groups excluding carboxylic acids is 1. The van der Waals surface area contributed by atoms with Crippen molar-refractivity contribution in [2.45, 2.75) is 101 Å². The van der Waals surface area contributed by atoms with Crippen LogP contribution in [0.1, 0.15) is 78.1 Å². The Hall–Kier alpha value is -1.41. The molecule has 2 aliphatic carbocycles. The second-order valence-corrected chi connectivity index (χ2v) is 9.07. The zero-order valence-corrected chi connectivity index (χ0v) is 18.6. The minimum Gasteiger partial charge on any atom is -0.440 e. The first-order valence-electron chi connectivity index (χ1n) is 11.1. The van der Waals surface area contributed by atoms with Gasteiger partial charge >= 0.3 is 11.9 Å². The largest absolute Gasteiger partial charge is 0.440 e. The predicted octanol–water partition coefficient (Wildman–Crippen LogP) is 4.46. The molecule has 0 radical (unpaired) electrons. The van der Waals surface area contributed by atoms with Gasteiger partial charge < -0.3 is 28.4 Å². The standard InChI is InChI=1S/C23H34O7/c1-20(25-3)27-18(22(29-20)11-7-5-8-12-22)15-17(24)16-19-23(13-9-6-10-14-23)30-21(2,26-4)28-19/h15-16H,5-14H2,1-4H3/b18-15-,19-16-. The Morgan fingerprint density at radius 2 is 1.10 bits per heavy atom. The molecule has 4 aliphatic rings. The Bertz CT molecular complexity index is 670. The monoisotopic (exact) mass is 422 g/mol. The van der Waals surface area contributed by atoms with Gasteiger partial charge in [-0.3, -0.25) is 4.79 Å². The third-order valence-electron chi connectivity index (χ3n) is 6.86. The average Bonchev–Trinajstić information content (AvgIpc) is 3.14. The maximum absolute atomic E-state index is 13.1. The second kappa shape index (κ2) is 7.93. The van der Waals surface area contributed by atoms with Crippen molar-refractivity contribution in [2.24, 2.45) is 0 Å². The number of hydrogen-bond acceptors (Lipinski definition) is 7. The van der Waals surface area contributed by atoms with Gasteiger partial charge in [0.1, 0.15) is 22.7 Å². The molecular weight excluding hydrogens is 388 g/mol. The summed E-state index contributed by atoms with van der Waals surface area (Å²) in [6.45, 7) is 3.48. The van der Waals surface area contributed by atoms with E-state index in [9.17, 15) is 4.79 Å². The number of carbonyl (C=O) groups is 1. The first kappa shape index (κ1) is 21.8. The van der Waals surface area contributed by atoms with Gasteiger partial charge in [-0.1, -0.05) is 38.5 Å². The third kappa shape index (κ3) is 3.93. The van der Waals surface area contributed by atoms with E-state index in [2.05, 4.69) is 0 Å². The Morgan fingerprint density at radius 3 is 1.43 bits per heavy atom. The van der Waals surface area contributed by atoms with E-state index in [1.54, 1.807) is 28.1 Å². The molecule has 0 aromatic carbocycles. The zero-order chi connectivity index (χ0) is 21.5. The van der Waals surface area contributed by atoms with Gasteiger partial charge in [-0.2, -0.15) is 0 Å². The summed E-state index contributed by atoms with van der Waals surface area (Å²) in [5.41, 5.74) is -1.21. The minimum atomic E-state index is -1.18. The van der Waals surface area contributed by atoms with Crippen LogP contribution >= 0.6 is 0 Å². The van der Waals surface area contributed by atoms with Crippen LogP contribution in [-0.2, 0) is 33.2 Å². The van der Waals surface area contributed by atoms with E-state index < -0.39 is 23.1 Å². The minimum absolute atomic E-state index is 0.206. The highest BCUT2D eigenvalue weighted by atomic mass is 16.9. The lowest BCUT2D eigenvalue weighted by molar-refractivity contribution is -0.323. The van der Waals surface area contributed by atoms with E-state index in [1.165, 1.54) is 12.2 Å². The Kier molecular flexibility index (Phi) is 5.77. The summed E-state index contributed by atoms with van der Waals surface area (Å²) < 4.78 is 35.3. The van der Waals surface area contributed by atoms with E-state index in [1.807, 2.05) is 0 Å². The molecule has 7 heteroatoms. The van der Waals surface area contributed by atoms with Crippen LogP contribution in [-0.4, -0.2) is 43.2 Å². The van der Waals surface area contributed by atoms with Crippen molar-refractivity contribution in [2.75, 3.05) is 14.2 Å². The fourth-order valence-corrected chi connectivity index (χ4v) is 5.17. The summed E-state index contributed by atoms with van der Waals surface area (Å²) in [7, 11) is 3.09. The van der Waals surface area contributed by atoms with Gasteiger partial charge in [-0.25, -0.2) is 0 Å². The van der Waals surface area contributed by atoms with Crippen LogP contribution in [0.4, 0.5) is 0 Å². The van der Waals surface area contributed by atoms with Gasteiger partial charge in [0.15, 0.2) is 5.78 Å². The van der Waals surface area contributed by atoms with Crippen molar-refractivity contribution in [1.82, 2.24) is 0 Å². The van der Waals surface area contributed by atoms with Crippen molar-refractivity contribution in [3.8, 4) is 0 Å². The Labute approximate surface area is 178 Å². The van der Waals surface area contributed by atoms with Crippen molar-refractivity contribution in [3.63, 3.8) is 0 Å². The van der Waals surface area contributed by atoms with Crippen LogP contribution in [0.15, 0.2) is 23.7 Å². The van der Waals surface area contributed by atoms with Crippen molar-refractivity contribution in [3.05, 3.63) is 23.7 Å². The SMILES string of the molecule is COC1(C)O/C(=C\C(=O)/C=C2\OC(C)(OC)OC23CCCCC3)C2(CCCCC2)O1. The number of hydrogen-bond donors (Lipinski definition) is 0. The predicted molar refractivity (Wildman–Crippen MR) is 108 cm³/mol. The fourth-order valence-electron chi connectivity index (χ4n) is 5.17. The number of ketones is 1. The lowest BCUT2D eigenvalue weighted by Crippen LogP contribution is -2.37. The molecule has 0 aromatic heterocycles. The highest BCUT2D eigenvalue weighted by Crippen LogP contribution is 2.50. The molecule has 4 fully saturated rings. The van der Waals surface area contributed by atoms with Crippen LogP contribution in [0.2, 0.25) is 0 Å². The second-order valence-electron chi connectivity index (χ2n) is 9.07. The normalized spacial score (nSPS) is 37.6. The van der Waals surface area contributed by atoms with Crippen molar-refractivity contribution < 1.29 is 33.2 Å². The topological polar surface area (TPSA) is 72.5 Å². The number of ether oxygens (including phenoxy) is 6. The van der Waals surface area contributed by atoms with Crippen LogP contribution in [0.5, 0.6) is 0 Å². The molecule has 2 saturated carbocycles. The van der Waals surface area contributed by atoms with Crippen molar-refractivity contribution in [1.29, 1.82) is 0 Å². The van der Waals surface area contributed by atoms with Gasteiger partial charge in [-0.15, -0.1) is 0 Å². The van der Waals surface area contributed by atoms with Crippen LogP contribution in [0, 0.1) is 0 Å². The molecule has 30 heavy (non-hydrogen) atoms. The van der Waals surface area contributed by atoms with Crippen LogP contribution < -0.4 is 0 Å². The number of methoxy groups -OCH3 is 2. The van der Waals surface area contributed by atoms with Gasteiger partial charge in [0.25, 0.3) is 0 Å². The van der Waals surface area contributed by atoms with E-state index in [-0.39, 0.29) is 5.78 Å². The first-order chi connectivity index (χ1) is 14.3. The third-order valence-corrected chi connectivity index (χ3v) is 6.86. The Balaban J connectivity index is 1.63. The van der Waals surface area contributed by atoms with Gasteiger partial charge in [0, 0.05) is 40.2 Å². The molecule has 0 aromatic rings. The summed E-state index contributed by atoms with van der Waals surface area (Å²) in [5.74, 6) is -1.48. The molecule has 0 amide bonds. The average molecular weight is 423 g/mol. The molecular formula is C23H34O7. The summed E-state index contributed by atoms with van der Waals surface area (Å²) >= 11 is 0. The fraction of sp³-hybridized carbons (Fsp3) is 0.783. The highest BCUT2D eigenvalue weighted by molar-refractivity contribution is 6.00. The highest BCUT2D eigenvalue weighted by Gasteiger charge is 2.55. The molecule has 7 nitrogen and oxygen atoms in total. The molecule has 2 heterocycles. The smallest absolute Gasteiger partial charge is 0.324 e. The zero-order valence-electron chi connectivity index (χ0n) is 18.6. The lowest BCUT2D eigenvalue weighted by atomic mass is 9.82. The molecule has 2 saturated heterocycles. The summed E-state index contributed by atoms with van der Waals surface area (Å²) in [4.78, 5) is 13.1. The first-order valence-corrected chi connectivity index (χ1v) is 11.1. The molecule has 2 atom stereocenters. The maximum atomic E-state index is 13.1. The van der Waals surface area contributed by atoms with Gasteiger partial charge in [0.2, 0.25) is 0 Å². The van der Waals surface area contributed by atoms with Gasteiger partial charge in [0.05, 0.1) is 0 Å². The number of allylic oxidation sites excluding steroid dienone is 2. The molecule has 2 spiro atoms. The van der Waals surface area contributed by atoms with Crippen LogP contribution in [0.25, 0.3) is 0 Å². The summed E-state index contributed by atoms with van der Waals surface area (Å²) in [6, 6.07) is 0. The van der Waals surface area contributed by atoms with E-state index in [0.717, 1.165) is 64.2 Å². The summed E-state index contributed by atoms with van der Waals surface area (Å²) in [5, 5.41) is 0. The van der Waals surface area contributed by atoms with Gasteiger partial charge in [-0.05, 0) is 25.7 Å². The van der Waals surface area contributed by atoms with E-state index in [4.69, 9.17) is 28.4 Å². The van der Waals surface area contributed by atoms with Crippen LogP contribution in [0.3, 0.4) is 0 Å². The molecule has 168 valence electrons. The molecule has 0 N–H and O–H groups in total. The molecule has 0 bridgehead atoms. The van der Waals surface area contributed by atoms with E-state index >= 15 is 0 Å². The molecule has 2 aliphatic heterocycles. The summed E-state index contributed by atoms with van der Waals surface area (Å²) in [6.07, 6.45) is 12.7. The Morgan fingerprint density at radius 1 is 0.733 bits per heavy atom. The number of rotatable bonds is 4. The van der Waals surface area contributed by atoms with Crippen molar-refractivity contribution >= 4 is 5.78 Å².